The molecule has 1 aromatic rings. The molecule has 1 aromatic carbocycles. The van der Waals surface area contributed by atoms with Gasteiger partial charge in [-0.25, -0.2) is 0 Å². The Morgan fingerprint density at radius 3 is 2.58 bits per heavy atom. The average Bonchev–Trinajstić information content (AvgIpc) is 2.49. The first kappa shape index (κ1) is 12.0. The fourth-order valence-corrected chi connectivity index (χ4v) is 2.71. The number of carbonyl (C=O) groups is 1. The highest BCUT2D eigenvalue weighted by Crippen LogP contribution is 2.22. The predicted molar refractivity (Wildman–Crippen MR) is 74.0 cm³/mol. The summed E-state index contributed by atoms with van der Waals surface area (Å²) in [6.07, 6.45) is 8.50. The van der Waals surface area contributed by atoms with E-state index in [1.807, 2.05) is 6.07 Å². The molecule has 3 nitrogen and oxygen atoms in total. The van der Waals surface area contributed by atoms with Gasteiger partial charge in [0.05, 0.1) is 6.42 Å². The summed E-state index contributed by atoms with van der Waals surface area (Å²) in [5, 5.41) is 8.86. The third-order valence-electron chi connectivity index (χ3n) is 3.83. The van der Waals surface area contributed by atoms with Gasteiger partial charge in [0.1, 0.15) is 0 Å². The first-order chi connectivity index (χ1) is 9.22. The van der Waals surface area contributed by atoms with Crippen LogP contribution >= 0.6 is 0 Å². The molecule has 3 heteroatoms. The van der Waals surface area contributed by atoms with Crippen molar-refractivity contribution >= 4 is 5.97 Å². The Hall–Kier alpha value is -2.03. The van der Waals surface area contributed by atoms with Crippen molar-refractivity contribution in [2.24, 2.45) is 0 Å². The standard InChI is InChI=1S/C16H17NO2/c18-16(19)11-12-4-5-13-6-8-17(15-2-1-3-15)9-7-14(13)10-12/h1-5,10H,6-9,11H2,(H,18,19). The number of rotatable bonds is 3. The van der Waals surface area contributed by atoms with E-state index in [9.17, 15) is 4.79 Å². The number of fused-ring (bicyclic) bond motifs is 1. The Kier molecular flexibility index (Phi) is 3.11. The van der Waals surface area contributed by atoms with E-state index in [0.717, 1.165) is 31.5 Å². The highest BCUT2D eigenvalue weighted by Gasteiger charge is 2.16. The molecule has 2 aliphatic rings. The second kappa shape index (κ2) is 4.92. The summed E-state index contributed by atoms with van der Waals surface area (Å²) in [6, 6.07) is 6.12. The van der Waals surface area contributed by atoms with E-state index in [1.165, 1.54) is 16.8 Å². The maximum absolute atomic E-state index is 10.8. The van der Waals surface area contributed by atoms with Crippen LogP contribution in [0.5, 0.6) is 0 Å². The lowest BCUT2D eigenvalue weighted by Crippen LogP contribution is -2.26. The van der Waals surface area contributed by atoms with E-state index in [-0.39, 0.29) is 6.42 Å². The van der Waals surface area contributed by atoms with Crippen molar-refractivity contribution < 1.29 is 9.90 Å². The third kappa shape index (κ3) is 2.55. The maximum Gasteiger partial charge on any atom is 0.307 e. The number of aliphatic carboxylic acids is 1. The molecule has 3 rings (SSSR count). The summed E-state index contributed by atoms with van der Waals surface area (Å²) >= 11 is 0. The van der Waals surface area contributed by atoms with Gasteiger partial charge < -0.3 is 10.0 Å². The van der Waals surface area contributed by atoms with Crippen molar-refractivity contribution in [1.29, 1.82) is 0 Å². The second-order valence-electron chi connectivity index (χ2n) is 5.11. The summed E-state index contributed by atoms with van der Waals surface area (Å²) in [7, 11) is 0. The molecule has 0 saturated carbocycles. The quantitative estimate of drug-likeness (QED) is 0.900. The van der Waals surface area contributed by atoms with Crippen LogP contribution < -0.4 is 0 Å². The third-order valence-corrected chi connectivity index (χ3v) is 3.83. The summed E-state index contributed by atoms with van der Waals surface area (Å²) in [5.74, 6) is -0.764. The fourth-order valence-electron chi connectivity index (χ4n) is 2.71. The van der Waals surface area contributed by atoms with E-state index in [0.29, 0.717) is 0 Å². The number of nitrogens with zero attached hydrogens (tertiary/aromatic N) is 1. The molecule has 0 spiro atoms. The highest BCUT2D eigenvalue weighted by molar-refractivity contribution is 5.70. The van der Waals surface area contributed by atoms with Crippen LogP contribution in [0.15, 0.2) is 42.1 Å². The van der Waals surface area contributed by atoms with Crippen molar-refractivity contribution in [1.82, 2.24) is 4.90 Å². The van der Waals surface area contributed by atoms with Gasteiger partial charge in [0.2, 0.25) is 0 Å². The molecule has 0 fully saturated rings. The minimum absolute atomic E-state index is 0.116. The fraction of sp³-hybridized carbons (Fsp3) is 0.312. The average molecular weight is 255 g/mol. The van der Waals surface area contributed by atoms with Crippen LogP contribution in [0.4, 0.5) is 0 Å². The number of hydrogen-bond acceptors (Lipinski definition) is 2. The van der Waals surface area contributed by atoms with Crippen LogP contribution in [0.25, 0.3) is 0 Å². The zero-order valence-electron chi connectivity index (χ0n) is 10.8. The van der Waals surface area contributed by atoms with E-state index >= 15 is 0 Å². The monoisotopic (exact) mass is 255 g/mol. The Balaban J connectivity index is 1.76. The topological polar surface area (TPSA) is 40.5 Å². The SMILES string of the molecule is O=C(O)Cc1ccc2c(c1)CCN(C1=CC=C1)CC2. The molecule has 0 amide bonds. The van der Waals surface area contributed by atoms with Crippen molar-refractivity contribution in [2.75, 3.05) is 13.1 Å². The maximum atomic E-state index is 10.8. The molecular weight excluding hydrogens is 238 g/mol. The van der Waals surface area contributed by atoms with Crippen molar-refractivity contribution in [3.63, 3.8) is 0 Å². The van der Waals surface area contributed by atoms with Crippen LogP contribution in [-0.4, -0.2) is 29.1 Å². The number of hydrogen-bond donors (Lipinski definition) is 1. The highest BCUT2D eigenvalue weighted by atomic mass is 16.4. The first-order valence-corrected chi connectivity index (χ1v) is 6.68. The number of carboxylic acid groups (broad SMARTS) is 1. The van der Waals surface area contributed by atoms with Crippen molar-refractivity contribution in [3.8, 4) is 0 Å². The van der Waals surface area contributed by atoms with Gasteiger partial charge >= 0.3 is 5.97 Å². The van der Waals surface area contributed by atoms with Crippen LogP contribution in [0.1, 0.15) is 16.7 Å². The Labute approximate surface area is 112 Å². The molecule has 0 bridgehead atoms. The minimum atomic E-state index is -0.764. The Bertz CT molecular complexity index is 572. The summed E-state index contributed by atoms with van der Waals surface area (Å²) in [5.41, 5.74) is 4.90. The van der Waals surface area contributed by atoms with Gasteiger partial charge in [0.25, 0.3) is 0 Å². The zero-order chi connectivity index (χ0) is 13.2. The lowest BCUT2D eigenvalue weighted by atomic mass is 9.99. The van der Waals surface area contributed by atoms with Gasteiger partial charge in [-0.3, -0.25) is 4.79 Å². The van der Waals surface area contributed by atoms with Crippen LogP contribution in [0.3, 0.4) is 0 Å². The number of carboxylic acids is 1. The summed E-state index contributed by atoms with van der Waals surface area (Å²) < 4.78 is 0. The van der Waals surface area contributed by atoms with Crippen molar-refractivity contribution in [3.05, 3.63) is 58.8 Å². The van der Waals surface area contributed by atoms with Gasteiger partial charge in [0, 0.05) is 18.8 Å². The lowest BCUT2D eigenvalue weighted by molar-refractivity contribution is -0.136. The largest absolute Gasteiger partial charge is 0.481 e. The van der Waals surface area contributed by atoms with Gasteiger partial charge in [0.15, 0.2) is 0 Å². The second-order valence-corrected chi connectivity index (χ2v) is 5.11. The Morgan fingerprint density at radius 1 is 1.21 bits per heavy atom. The van der Waals surface area contributed by atoms with E-state index < -0.39 is 5.97 Å². The lowest BCUT2D eigenvalue weighted by Gasteiger charge is -2.26. The van der Waals surface area contributed by atoms with Crippen LogP contribution in [0, 0.1) is 0 Å². The van der Waals surface area contributed by atoms with Crippen LogP contribution in [-0.2, 0) is 24.1 Å². The number of allylic oxidation sites excluding steroid dienone is 3. The van der Waals surface area contributed by atoms with Gasteiger partial charge in [-0.15, -0.1) is 0 Å². The molecule has 1 aliphatic carbocycles. The molecule has 1 N–H and O–H groups in total. The van der Waals surface area contributed by atoms with E-state index in [4.69, 9.17) is 5.11 Å². The van der Waals surface area contributed by atoms with Gasteiger partial charge in [-0.1, -0.05) is 24.3 Å². The molecular formula is C16H17NO2. The molecule has 1 heterocycles. The van der Waals surface area contributed by atoms with Crippen molar-refractivity contribution in [2.45, 2.75) is 19.3 Å². The molecule has 0 aromatic heterocycles. The molecule has 0 radical (unpaired) electrons. The Morgan fingerprint density at radius 2 is 1.95 bits per heavy atom. The van der Waals surface area contributed by atoms with E-state index in [1.54, 1.807) is 0 Å². The molecule has 1 aliphatic heterocycles. The smallest absolute Gasteiger partial charge is 0.307 e. The molecule has 98 valence electrons. The zero-order valence-corrected chi connectivity index (χ0v) is 10.8. The molecule has 0 saturated heterocycles. The summed E-state index contributed by atoms with van der Waals surface area (Å²) in [6.45, 7) is 2.06. The first-order valence-electron chi connectivity index (χ1n) is 6.68. The normalized spacial score (nSPS) is 17.3. The number of benzene rings is 1. The predicted octanol–water partition coefficient (Wildman–Crippen LogP) is 2.17. The van der Waals surface area contributed by atoms with Gasteiger partial charge in [-0.2, -0.15) is 0 Å². The van der Waals surface area contributed by atoms with E-state index in [2.05, 4.69) is 35.3 Å². The molecule has 19 heavy (non-hydrogen) atoms. The van der Waals surface area contributed by atoms with Crippen LogP contribution in [0.2, 0.25) is 0 Å². The summed E-state index contributed by atoms with van der Waals surface area (Å²) in [4.78, 5) is 13.2. The molecule has 0 atom stereocenters. The van der Waals surface area contributed by atoms with Gasteiger partial charge in [-0.05, 0) is 41.7 Å². The minimum Gasteiger partial charge on any atom is -0.481 e. The molecule has 0 unspecified atom stereocenters.